The van der Waals surface area contributed by atoms with E-state index in [1.165, 1.54) is 6.07 Å². The second-order valence-corrected chi connectivity index (χ2v) is 6.45. The zero-order chi connectivity index (χ0) is 14.8. The molecule has 0 aliphatic rings. The van der Waals surface area contributed by atoms with E-state index in [2.05, 4.69) is 25.8 Å². The van der Waals surface area contributed by atoms with Crippen molar-refractivity contribution in [2.75, 3.05) is 0 Å². The lowest BCUT2D eigenvalue weighted by atomic mass is 9.89. The van der Waals surface area contributed by atoms with Crippen molar-refractivity contribution in [2.45, 2.75) is 40.0 Å². The zero-order valence-electron chi connectivity index (χ0n) is 12.3. The van der Waals surface area contributed by atoms with E-state index < -0.39 is 11.6 Å². The summed E-state index contributed by atoms with van der Waals surface area (Å²) >= 11 is 0. The van der Waals surface area contributed by atoms with Crippen LogP contribution in [-0.4, -0.2) is 4.98 Å². The Labute approximate surface area is 119 Å². The van der Waals surface area contributed by atoms with Crippen LogP contribution in [0.2, 0.25) is 0 Å². The summed E-state index contributed by atoms with van der Waals surface area (Å²) in [5.74, 6) is -0.816. The SMILES string of the molecule is CC(C)(C)CCCc1cc(-c2cc(F)ccc2F)c[nH]1. The minimum Gasteiger partial charge on any atom is -0.364 e. The molecule has 0 spiro atoms. The maximum Gasteiger partial charge on any atom is 0.131 e. The summed E-state index contributed by atoms with van der Waals surface area (Å²) in [4.78, 5) is 3.15. The van der Waals surface area contributed by atoms with Crippen molar-refractivity contribution in [1.82, 2.24) is 4.98 Å². The van der Waals surface area contributed by atoms with Gasteiger partial charge in [-0.05, 0) is 48.9 Å². The van der Waals surface area contributed by atoms with Crippen LogP contribution >= 0.6 is 0 Å². The van der Waals surface area contributed by atoms with Crippen molar-refractivity contribution in [2.24, 2.45) is 5.41 Å². The summed E-state index contributed by atoms with van der Waals surface area (Å²) < 4.78 is 26.9. The van der Waals surface area contributed by atoms with Gasteiger partial charge in [-0.2, -0.15) is 0 Å². The summed E-state index contributed by atoms with van der Waals surface area (Å²) in [6.45, 7) is 6.65. The Morgan fingerprint density at radius 1 is 1.10 bits per heavy atom. The number of benzene rings is 1. The van der Waals surface area contributed by atoms with E-state index in [9.17, 15) is 8.78 Å². The van der Waals surface area contributed by atoms with Crippen LogP contribution in [0, 0.1) is 17.0 Å². The molecule has 108 valence electrons. The molecule has 2 rings (SSSR count). The smallest absolute Gasteiger partial charge is 0.131 e. The lowest BCUT2D eigenvalue weighted by Gasteiger charge is -2.17. The van der Waals surface area contributed by atoms with Crippen LogP contribution in [0.1, 0.15) is 39.3 Å². The second-order valence-electron chi connectivity index (χ2n) is 6.45. The summed E-state index contributed by atoms with van der Waals surface area (Å²) in [5, 5.41) is 0. The summed E-state index contributed by atoms with van der Waals surface area (Å²) in [6.07, 6.45) is 4.88. The average molecular weight is 277 g/mol. The second kappa shape index (κ2) is 5.78. The number of halogens is 2. The zero-order valence-corrected chi connectivity index (χ0v) is 12.3. The molecule has 0 aliphatic carbocycles. The van der Waals surface area contributed by atoms with Crippen LogP contribution in [0.3, 0.4) is 0 Å². The van der Waals surface area contributed by atoms with Gasteiger partial charge in [-0.25, -0.2) is 8.78 Å². The Morgan fingerprint density at radius 3 is 2.55 bits per heavy atom. The van der Waals surface area contributed by atoms with Crippen LogP contribution in [0.4, 0.5) is 8.78 Å². The number of nitrogens with one attached hydrogen (secondary N) is 1. The molecule has 0 bridgehead atoms. The van der Waals surface area contributed by atoms with Gasteiger partial charge in [0.1, 0.15) is 11.6 Å². The number of H-pyrrole nitrogens is 1. The molecule has 1 aromatic carbocycles. The number of aromatic amines is 1. The van der Waals surface area contributed by atoms with Crippen LogP contribution in [0.5, 0.6) is 0 Å². The van der Waals surface area contributed by atoms with E-state index in [4.69, 9.17) is 0 Å². The molecular weight excluding hydrogens is 256 g/mol. The van der Waals surface area contributed by atoms with Gasteiger partial charge < -0.3 is 4.98 Å². The van der Waals surface area contributed by atoms with Crippen molar-refractivity contribution >= 4 is 0 Å². The number of aryl methyl sites for hydroxylation is 1. The quantitative estimate of drug-likeness (QED) is 0.777. The van der Waals surface area contributed by atoms with Crippen molar-refractivity contribution in [3.8, 4) is 11.1 Å². The highest BCUT2D eigenvalue weighted by Crippen LogP contribution is 2.26. The maximum atomic E-state index is 13.7. The van der Waals surface area contributed by atoms with E-state index in [1.54, 1.807) is 6.20 Å². The first-order valence-corrected chi connectivity index (χ1v) is 6.98. The molecule has 2 aromatic rings. The molecule has 0 atom stereocenters. The van der Waals surface area contributed by atoms with Crippen molar-refractivity contribution in [3.63, 3.8) is 0 Å². The van der Waals surface area contributed by atoms with Gasteiger partial charge in [-0.15, -0.1) is 0 Å². The third-order valence-electron chi connectivity index (χ3n) is 3.36. The predicted octanol–water partition coefficient (Wildman–Crippen LogP) is 5.33. The molecule has 0 saturated carbocycles. The maximum absolute atomic E-state index is 13.7. The minimum atomic E-state index is -0.420. The third kappa shape index (κ3) is 3.92. The molecule has 20 heavy (non-hydrogen) atoms. The molecule has 1 aromatic heterocycles. The van der Waals surface area contributed by atoms with Gasteiger partial charge in [0, 0.05) is 23.0 Å². The van der Waals surface area contributed by atoms with E-state index in [1.807, 2.05) is 6.07 Å². The fourth-order valence-electron chi connectivity index (χ4n) is 2.27. The van der Waals surface area contributed by atoms with Gasteiger partial charge in [-0.3, -0.25) is 0 Å². The van der Waals surface area contributed by atoms with Gasteiger partial charge in [0.15, 0.2) is 0 Å². The Morgan fingerprint density at radius 2 is 1.85 bits per heavy atom. The van der Waals surface area contributed by atoms with Gasteiger partial charge in [0.05, 0.1) is 0 Å². The normalized spacial score (nSPS) is 11.8. The molecule has 0 unspecified atom stereocenters. The Kier molecular flexibility index (Phi) is 4.26. The van der Waals surface area contributed by atoms with Gasteiger partial charge in [0.2, 0.25) is 0 Å². The fourth-order valence-corrected chi connectivity index (χ4v) is 2.27. The highest BCUT2D eigenvalue weighted by atomic mass is 19.1. The first-order chi connectivity index (χ1) is 9.35. The van der Waals surface area contributed by atoms with Gasteiger partial charge in [-0.1, -0.05) is 20.8 Å². The molecule has 1 nitrogen and oxygen atoms in total. The molecule has 3 heteroatoms. The minimum absolute atomic E-state index is 0.309. The number of hydrogen-bond donors (Lipinski definition) is 1. The number of hydrogen-bond acceptors (Lipinski definition) is 0. The molecule has 1 N–H and O–H groups in total. The molecule has 1 heterocycles. The average Bonchev–Trinajstić information content (AvgIpc) is 2.79. The first kappa shape index (κ1) is 14.8. The van der Waals surface area contributed by atoms with E-state index >= 15 is 0 Å². The molecule has 0 saturated heterocycles. The monoisotopic (exact) mass is 277 g/mol. The summed E-state index contributed by atoms with van der Waals surface area (Å²) in [5.41, 5.74) is 2.40. The van der Waals surface area contributed by atoms with E-state index in [0.717, 1.165) is 37.1 Å². The topological polar surface area (TPSA) is 15.8 Å². The lowest BCUT2D eigenvalue weighted by Crippen LogP contribution is -2.04. The molecule has 0 radical (unpaired) electrons. The first-order valence-electron chi connectivity index (χ1n) is 6.98. The lowest BCUT2D eigenvalue weighted by molar-refractivity contribution is 0.365. The van der Waals surface area contributed by atoms with Gasteiger partial charge >= 0.3 is 0 Å². The summed E-state index contributed by atoms with van der Waals surface area (Å²) in [7, 11) is 0. The van der Waals surface area contributed by atoms with Crippen LogP contribution in [-0.2, 0) is 6.42 Å². The van der Waals surface area contributed by atoms with Crippen LogP contribution in [0.25, 0.3) is 11.1 Å². The predicted molar refractivity (Wildman–Crippen MR) is 78.5 cm³/mol. The molecule has 0 aliphatic heterocycles. The third-order valence-corrected chi connectivity index (χ3v) is 3.36. The molecule has 0 amide bonds. The fraction of sp³-hybridized carbons (Fsp3) is 0.412. The number of aromatic nitrogens is 1. The highest BCUT2D eigenvalue weighted by molar-refractivity contribution is 5.64. The Hall–Kier alpha value is -1.64. The Balaban J connectivity index is 2.07. The van der Waals surface area contributed by atoms with E-state index in [0.29, 0.717) is 16.5 Å². The van der Waals surface area contributed by atoms with Crippen LogP contribution < -0.4 is 0 Å². The molecule has 0 fully saturated rings. The Bertz CT molecular complexity index is 579. The van der Waals surface area contributed by atoms with Gasteiger partial charge in [0.25, 0.3) is 0 Å². The van der Waals surface area contributed by atoms with E-state index in [-0.39, 0.29) is 0 Å². The van der Waals surface area contributed by atoms with Crippen molar-refractivity contribution in [3.05, 3.63) is 47.8 Å². The summed E-state index contributed by atoms with van der Waals surface area (Å²) in [6, 6.07) is 5.44. The van der Waals surface area contributed by atoms with Crippen molar-refractivity contribution < 1.29 is 8.78 Å². The number of rotatable bonds is 4. The molecular formula is C17H21F2N. The van der Waals surface area contributed by atoms with Crippen molar-refractivity contribution in [1.29, 1.82) is 0 Å². The highest BCUT2D eigenvalue weighted by Gasteiger charge is 2.11. The van der Waals surface area contributed by atoms with Crippen LogP contribution in [0.15, 0.2) is 30.5 Å². The largest absolute Gasteiger partial charge is 0.364 e. The standard InChI is InChI=1S/C17H21F2N/c1-17(2,3)8-4-5-14-9-12(11-20-14)15-10-13(18)6-7-16(15)19/h6-7,9-11,20H,4-5,8H2,1-3H3.